The van der Waals surface area contributed by atoms with Crippen molar-refractivity contribution in [2.24, 2.45) is 0 Å². The van der Waals surface area contributed by atoms with E-state index in [2.05, 4.69) is 9.97 Å². The molecule has 1 aliphatic heterocycles. The fraction of sp³-hybridized carbons (Fsp3) is 0.375. The van der Waals surface area contributed by atoms with Crippen LogP contribution in [0, 0.1) is 6.92 Å². The summed E-state index contributed by atoms with van der Waals surface area (Å²) in [6, 6.07) is 3.73. The average molecular weight is 330 g/mol. The molecule has 0 aromatic carbocycles. The van der Waals surface area contributed by atoms with Gasteiger partial charge < -0.3 is 9.64 Å². The molecule has 8 heteroatoms. The van der Waals surface area contributed by atoms with Crippen LogP contribution in [-0.2, 0) is 16.1 Å². The van der Waals surface area contributed by atoms with Crippen LogP contribution in [0.1, 0.15) is 17.2 Å². The Morgan fingerprint density at radius 1 is 1.46 bits per heavy atom. The first-order valence-electron chi connectivity index (χ1n) is 7.64. The Morgan fingerprint density at radius 2 is 2.29 bits per heavy atom. The maximum Gasteiger partial charge on any atom is 0.328 e. The van der Waals surface area contributed by atoms with Gasteiger partial charge in [0, 0.05) is 36.3 Å². The van der Waals surface area contributed by atoms with Crippen molar-refractivity contribution >= 4 is 5.91 Å². The smallest absolute Gasteiger partial charge is 0.328 e. The number of nitrogens with zero attached hydrogens (tertiary/aromatic N) is 3. The lowest BCUT2D eigenvalue weighted by Gasteiger charge is -2.33. The number of hydrogen-bond donors (Lipinski definition) is 1. The lowest BCUT2D eigenvalue weighted by Crippen LogP contribution is -2.45. The summed E-state index contributed by atoms with van der Waals surface area (Å²) in [6.07, 6.45) is 4.57. The van der Waals surface area contributed by atoms with Crippen LogP contribution in [0.3, 0.4) is 0 Å². The Balaban J connectivity index is 1.72. The Morgan fingerprint density at radius 3 is 3.04 bits per heavy atom. The molecule has 126 valence electrons. The number of aromatic amines is 1. The van der Waals surface area contributed by atoms with Crippen LogP contribution in [0.4, 0.5) is 0 Å². The molecule has 0 unspecified atom stereocenters. The number of hydrogen-bond acceptors (Lipinski definition) is 5. The minimum Gasteiger partial charge on any atom is -0.370 e. The number of carbonyl (C=O) groups is 1. The molecule has 1 saturated heterocycles. The lowest BCUT2D eigenvalue weighted by molar-refractivity contribution is -0.139. The van der Waals surface area contributed by atoms with Gasteiger partial charge in [0.15, 0.2) is 0 Å². The van der Waals surface area contributed by atoms with Gasteiger partial charge in [-0.25, -0.2) is 4.79 Å². The van der Waals surface area contributed by atoms with Gasteiger partial charge in [0.1, 0.15) is 12.6 Å². The standard InChI is InChI=1S/C16H18N4O4/c1-11-8-20(16(23)18-15(11)22)10-14(21)19-5-6-24-13(9-19)12-3-2-4-17-7-12/h2-4,7-8,13H,5-6,9-10H2,1H3,(H,18,22,23)/t13-/m0/s1. The summed E-state index contributed by atoms with van der Waals surface area (Å²) >= 11 is 0. The van der Waals surface area contributed by atoms with Crippen molar-refractivity contribution in [3.8, 4) is 0 Å². The molecule has 0 saturated carbocycles. The van der Waals surface area contributed by atoms with Gasteiger partial charge in [0.05, 0.1) is 13.2 Å². The number of H-pyrrole nitrogens is 1. The van der Waals surface area contributed by atoms with Gasteiger partial charge in [-0.15, -0.1) is 0 Å². The number of carbonyl (C=O) groups excluding carboxylic acids is 1. The zero-order chi connectivity index (χ0) is 17.1. The molecule has 8 nitrogen and oxygen atoms in total. The number of rotatable bonds is 3. The number of pyridine rings is 1. The van der Waals surface area contributed by atoms with Gasteiger partial charge in [-0.1, -0.05) is 6.07 Å². The fourth-order valence-corrected chi connectivity index (χ4v) is 2.63. The summed E-state index contributed by atoms with van der Waals surface area (Å²) in [4.78, 5) is 43.6. The molecular weight excluding hydrogens is 312 g/mol. The SMILES string of the molecule is Cc1cn(CC(=O)N2CCO[C@H](c3cccnc3)C2)c(=O)[nH]c1=O. The maximum absolute atomic E-state index is 12.5. The zero-order valence-corrected chi connectivity index (χ0v) is 13.3. The quantitative estimate of drug-likeness (QED) is 0.843. The predicted octanol–water partition coefficient (Wildman–Crippen LogP) is -0.160. The van der Waals surface area contributed by atoms with Gasteiger partial charge in [0.25, 0.3) is 5.56 Å². The minimum atomic E-state index is -0.587. The third-order valence-electron chi connectivity index (χ3n) is 3.97. The first kappa shape index (κ1) is 16.1. The Labute approximate surface area is 137 Å². The number of aryl methyl sites for hydroxylation is 1. The van der Waals surface area contributed by atoms with Gasteiger partial charge in [-0.2, -0.15) is 0 Å². The van der Waals surface area contributed by atoms with E-state index in [4.69, 9.17) is 4.74 Å². The second-order valence-corrected chi connectivity index (χ2v) is 5.68. The van der Waals surface area contributed by atoms with E-state index in [9.17, 15) is 14.4 Å². The van der Waals surface area contributed by atoms with E-state index in [0.29, 0.717) is 25.3 Å². The van der Waals surface area contributed by atoms with Crippen LogP contribution in [-0.4, -0.2) is 45.0 Å². The van der Waals surface area contributed by atoms with Gasteiger partial charge in [0.2, 0.25) is 5.91 Å². The topological polar surface area (TPSA) is 97.3 Å². The summed E-state index contributed by atoms with van der Waals surface area (Å²) in [6.45, 7) is 2.77. The van der Waals surface area contributed by atoms with Crippen LogP contribution in [0.2, 0.25) is 0 Å². The van der Waals surface area contributed by atoms with E-state index in [1.165, 1.54) is 10.8 Å². The predicted molar refractivity (Wildman–Crippen MR) is 85.6 cm³/mol. The molecule has 1 atom stereocenters. The fourth-order valence-electron chi connectivity index (χ4n) is 2.63. The molecule has 24 heavy (non-hydrogen) atoms. The van der Waals surface area contributed by atoms with Crippen molar-refractivity contribution in [3.63, 3.8) is 0 Å². The molecule has 2 aromatic heterocycles. The molecule has 0 bridgehead atoms. The second kappa shape index (κ2) is 6.79. The van der Waals surface area contributed by atoms with Gasteiger partial charge in [-0.05, 0) is 13.0 Å². The average Bonchev–Trinajstić information content (AvgIpc) is 2.60. The van der Waals surface area contributed by atoms with Crippen molar-refractivity contribution in [3.05, 3.63) is 62.7 Å². The van der Waals surface area contributed by atoms with E-state index in [-0.39, 0.29) is 18.6 Å². The van der Waals surface area contributed by atoms with Crippen molar-refractivity contribution in [1.29, 1.82) is 0 Å². The van der Waals surface area contributed by atoms with E-state index >= 15 is 0 Å². The van der Waals surface area contributed by atoms with Crippen molar-refractivity contribution in [1.82, 2.24) is 19.4 Å². The molecule has 2 aromatic rings. The third kappa shape index (κ3) is 3.43. The van der Waals surface area contributed by atoms with Gasteiger partial charge >= 0.3 is 5.69 Å². The second-order valence-electron chi connectivity index (χ2n) is 5.68. The summed E-state index contributed by atoms with van der Waals surface area (Å²) in [7, 11) is 0. The highest BCUT2D eigenvalue weighted by Crippen LogP contribution is 2.21. The highest BCUT2D eigenvalue weighted by molar-refractivity contribution is 5.76. The number of morpholine rings is 1. The number of amides is 1. The Kier molecular flexibility index (Phi) is 4.57. The van der Waals surface area contributed by atoms with E-state index < -0.39 is 11.2 Å². The summed E-state index contributed by atoms with van der Waals surface area (Å²) in [5.74, 6) is -0.194. The monoisotopic (exact) mass is 330 g/mol. The molecule has 0 spiro atoms. The summed E-state index contributed by atoms with van der Waals surface area (Å²) in [5.41, 5.74) is 0.271. The largest absolute Gasteiger partial charge is 0.370 e. The minimum absolute atomic E-state index is 0.115. The van der Waals surface area contributed by atoms with Gasteiger partial charge in [-0.3, -0.25) is 24.1 Å². The number of aromatic nitrogens is 3. The molecular formula is C16H18N4O4. The first-order chi connectivity index (χ1) is 11.5. The van der Waals surface area contributed by atoms with Crippen molar-refractivity contribution < 1.29 is 9.53 Å². The first-order valence-corrected chi connectivity index (χ1v) is 7.64. The molecule has 1 amide bonds. The molecule has 1 aliphatic rings. The zero-order valence-electron chi connectivity index (χ0n) is 13.3. The molecule has 3 rings (SSSR count). The Hall–Kier alpha value is -2.74. The van der Waals surface area contributed by atoms with Crippen LogP contribution in [0.5, 0.6) is 0 Å². The van der Waals surface area contributed by atoms with E-state index in [0.717, 1.165) is 5.56 Å². The van der Waals surface area contributed by atoms with Crippen LogP contribution < -0.4 is 11.2 Å². The molecule has 0 radical (unpaired) electrons. The maximum atomic E-state index is 12.5. The lowest BCUT2D eigenvalue weighted by atomic mass is 10.1. The highest BCUT2D eigenvalue weighted by Gasteiger charge is 2.25. The Bertz CT molecular complexity index is 843. The number of nitrogens with one attached hydrogen (secondary N) is 1. The van der Waals surface area contributed by atoms with Crippen molar-refractivity contribution in [2.45, 2.75) is 19.6 Å². The molecule has 1 N–H and O–H groups in total. The third-order valence-corrected chi connectivity index (χ3v) is 3.97. The van der Waals surface area contributed by atoms with Crippen LogP contribution >= 0.6 is 0 Å². The molecule has 1 fully saturated rings. The van der Waals surface area contributed by atoms with E-state index in [1.807, 2.05) is 12.1 Å². The summed E-state index contributed by atoms with van der Waals surface area (Å²) in [5, 5.41) is 0. The van der Waals surface area contributed by atoms with Crippen LogP contribution in [0.15, 0.2) is 40.3 Å². The van der Waals surface area contributed by atoms with Crippen LogP contribution in [0.25, 0.3) is 0 Å². The molecule has 0 aliphatic carbocycles. The van der Waals surface area contributed by atoms with Crippen molar-refractivity contribution in [2.75, 3.05) is 19.7 Å². The highest BCUT2D eigenvalue weighted by atomic mass is 16.5. The van der Waals surface area contributed by atoms with E-state index in [1.54, 1.807) is 24.2 Å². The number of ether oxygens (including phenoxy) is 1. The summed E-state index contributed by atoms with van der Waals surface area (Å²) < 4.78 is 6.92. The molecule has 3 heterocycles. The normalized spacial score (nSPS) is 17.7.